The van der Waals surface area contributed by atoms with Crippen molar-refractivity contribution in [1.82, 2.24) is 4.90 Å². The summed E-state index contributed by atoms with van der Waals surface area (Å²) in [6.45, 7) is 16.2. The molecule has 88 valence electrons. The van der Waals surface area contributed by atoms with Gasteiger partial charge < -0.3 is 0 Å². The molecule has 0 saturated carbocycles. The van der Waals surface area contributed by atoms with Crippen LogP contribution in [0.25, 0.3) is 0 Å². The minimum absolute atomic E-state index is 0.306. The van der Waals surface area contributed by atoms with Gasteiger partial charge in [-0.05, 0) is 0 Å². The average Bonchev–Trinajstić information content (AvgIpc) is 2.27. The van der Waals surface area contributed by atoms with Gasteiger partial charge in [-0.15, -0.1) is 4.39 Å². The Morgan fingerprint density at radius 1 is 0.938 bits per heavy atom. The van der Waals surface area contributed by atoms with Crippen LogP contribution in [0.2, 0.25) is 0 Å². The van der Waals surface area contributed by atoms with Gasteiger partial charge in [-0.3, -0.25) is 0 Å². The Morgan fingerprint density at radius 3 is 1.69 bits per heavy atom. The molecule has 0 aliphatic rings. The Kier molecular flexibility index (Phi) is 7.76. The Balaban J connectivity index is 4.94. The van der Waals surface area contributed by atoms with Crippen LogP contribution in [0.5, 0.6) is 0 Å². The van der Waals surface area contributed by atoms with E-state index in [0.717, 1.165) is 0 Å². The smallest absolute Gasteiger partial charge is 0.229 e. The van der Waals surface area contributed by atoms with Gasteiger partial charge in [-0.1, -0.05) is 50.6 Å². The largest absolute Gasteiger partial charge is 0.437 e. The third-order valence-electron chi connectivity index (χ3n) is 1.92. The molecule has 0 heterocycles. The van der Waals surface area contributed by atoms with Crippen molar-refractivity contribution in [3.63, 3.8) is 0 Å². The molecule has 0 radical (unpaired) electrons. The number of halogens is 1. The molecule has 0 spiro atoms. The van der Waals surface area contributed by atoms with Crippen molar-refractivity contribution < 1.29 is 8.97 Å². The maximum atomic E-state index is 14.1. The molecule has 2 nitrogen and oxygen atoms in total. The van der Waals surface area contributed by atoms with Gasteiger partial charge in [-0.25, -0.2) is 9.48 Å². The molecule has 0 aliphatic heterocycles. The highest BCUT2D eigenvalue weighted by molar-refractivity contribution is 5.67. The van der Waals surface area contributed by atoms with Crippen LogP contribution in [-0.2, 0) is 0 Å². The normalized spacial score (nSPS) is 9.06. The molecule has 16 heavy (non-hydrogen) atoms. The fourth-order valence-electron chi connectivity index (χ4n) is 1.27. The second-order valence-electron chi connectivity index (χ2n) is 3.23. The number of hydrogen-bond donors (Lipinski definition) is 0. The van der Waals surface area contributed by atoms with E-state index in [1.54, 1.807) is 33.8 Å². The predicted octanol–water partition coefficient (Wildman–Crippen LogP) is 2.37. The lowest BCUT2D eigenvalue weighted by molar-refractivity contribution is -0.518. The molecule has 0 rings (SSSR count). The maximum Gasteiger partial charge on any atom is 0.437 e. The van der Waals surface area contributed by atoms with Crippen molar-refractivity contribution in [2.45, 2.75) is 0 Å². The fourth-order valence-corrected chi connectivity index (χ4v) is 1.27. The van der Waals surface area contributed by atoms with Gasteiger partial charge in [0, 0.05) is 0 Å². The predicted molar refractivity (Wildman–Crippen MR) is 68.5 cm³/mol. The molecular weight excluding hydrogens is 203 g/mol. The van der Waals surface area contributed by atoms with Gasteiger partial charge >= 0.3 is 6.09 Å². The molecule has 0 amide bonds. The Hall–Kier alpha value is -1.64. The lowest BCUT2D eigenvalue weighted by atomic mass is 10.4. The second kappa shape index (κ2) is 8.65. The van der Waals surface area contributed by atoms with Gasteiger partial charge in [0.1, 0.15) is 26.2 Å². The van der Waals surface area contributed by atoms with E-state index in [1.165, 1.54) is 0 Å². The first-order valence-corrected chi connectivity index (χ1v) is 5.17. The third kappa shape index (κ3) is 4.73. The molecular formula is C13H20FN2+. The van der Waals surface area contributed by atoms with Crippen LogP contribution in [0.4, 0.5) is 4.39 Å². The highest BCUT2D eigenvalue weighted by Gasteiger charge is 2.19. The first-order chi connectivity index (χ1) is 7.71. The number of hydrogen-bond acceptors (Lipinski definition) is 0. The molecule has 0 fully saturated rings. The monoisotopic (exact) mass is 223 g/mol. The molecule has 0 unspecified atom stereocenters. The van der Waals surface area contributed by atoms with Crippen molar-refractivity contribution in [2.75, 3.05) is 26.2 Å². The molecule has 0 saturated heterocycles. The molecule has 0 N–H and O–H groups in total. The Morgan fingerprint density at radius 2 is 1.38 bits per heavy atom. The molecule has 0 atom stereocenters. The van der Waals surface area contributed by atoms with Gasteiger partial charge in [0.25, 0.3) is 0 Å². The molecule has 0 aromatic carbocycles. The Bertz CT molecular complexity index is 270. The quantitative estimate of drug-likeness (QED) is 0.201. The van der Waals surface area contributed by atoms with Crippen LogP contribution in [0.1, 0.15) is 0 Å². The highest BCUT2D eigenvalue weighted by Crippen LogP contribution is 1.96. The standard InChI is InChI=1S/C13H20FN2/c1-5-9-15(10-6-2)13(14)16(11-7-3)12-8-4/h5-8H,1-4,9-12H2/q+1. The highest BCUT2D eigenvalue weighted by atomic mass is 19.1. The molecule has 0 bridgehead atoms. The first kappa shape index (κ1) is 14.4. The molecule has 0 aliphatic carbocycles. The Labute approximate surface area is 97.4 Å². The summed E-state index contributed by atoms with van der Waals surface area (Å²) in [5.41, 5.74) is 0. The van der Waals surface area contributed by atoms with Crippen LogP contribution in [0.15, 0.2) is 50.6 Å². The molecule has 0 aromatic heterocycles. The first-order valence-electron chi connectivity index (χ1n) is 5.17. The van der Waals surface area contributed by atoms with E-state index >= 15 is 0 Å². The number of amidine groups is 1. The van der Waals surface area contributed by atoms with Gasteiger partial charge in [0.05, 0.1) is 0 Å². The third-order valence-corrected chi connectivity index (χ3v) is 1.92. The summed E-state index contributed by atoms with van der Waals surface area (Å²) < 4.78 is 15.6. The van der Waals surface area contributed by atoms with Crippen LogP contribution < -0.4 is 0 Å². The molecule has 3 heteroatoms. The number of nitrogens with zero attached hydrogens (tertiary/aromatic N) is 2. The zero-order valence-electron chi connectivity index (χ0n) is 9.74. The van der Waals surface area contributed by atoms with Gasteiger partial charge in [0.15, 0.2) is 0 Å². The summed E-state index contributed by atoms with van der Waals surface area (Å²) in [6.07, 6.45) is 6.32. The van der Waals surface area contributed by atoms with Crippen molar-refractivity contribution in [2.24, 2.45) is 0 Å². The van der Waals surface area contributed by atoms with E-state index in [0.29, 0.717) is 26.2 Å². The van der Waals surface area contributed by atoms with Crippen molar-refractivity contribution in [1.29, 1.82) is 0 Å². The summed E-state index contributed by atoms with van der Waals surface area (Å²) in [4.78, 5) is 1.55. The topological polar surface area (TPSA) is 6.25 Å². The summed E-state index contributed by atoms with van der Waals surface area (Å²) in [5, 5.41) is 0. The van der Waals surface area contributed by atoms with Crippen LogP contribution >= 0.6 is 0 Å². The van der Waals surface area contributed by atoms with Crippen LogP contribution in [0.3, 0.4) is 0 Å². The lowest BCUT2D eigenvalue weighted by Gasteiger charge is -2.13. The summed E-state index contributed by atoms with van der Waals surface area (Å²) in [5.74, 6) is 0. The molecule has 0 aromatic rings. The maximum absolute atomic E-state index is 14.1. The van der Waals surface area contributed by atoms with Crippen LogP contribution in [-0.4, -0.2) is 41.7 Å². The zero-order chi connectivity index (χ0) is 12.4. The second-order valence-corrected chi connectivity index (χ2v) is 3.23. The van der Waals surface area contributed by atoms with Crippen molar-refractivity contribution in [3.8, 4) is 0 Å². The van der Waals surface area contributed by atoms with E-state index in [4.69, 9.17) is 0 Å². The average molecular weight is 223 g/mol. The van der Waals surface area contributed by atoms with Crippen LogP contribution in [0, 0.1) is 0 Å². The zero-order valence-corrected chi connectivity index (χ0v) is 9.74. The summed E-state index contributed by atoms with van der Waals surface area (Å²) in [6, 6.07) is 0. The van der Waals surface area contributed by atoms with E-state index < -0.39 is 0 Å². The van der Waals surface area contributed by atoms with E-state index in [9.17, 15) is 4.39 Å². The van der Waals surface area contributed by atoms with E-state index in [1.807, 2.05) is 0 Å². The minimum atomic E-state index is -0.306. The number of rotatable bonds is 8. The summed E-state index contributed by atoms with van der Waals surface area (Å²) in [7, 11) is 0. The lowest BCUT2D eigenvalue weighted by Crippen LogP contribution is -2.36. The van der Waals surface area contributed by atoms with Gasteiger partial charge in [0.2, 0.25) is 0 Å². The van der Waals surface area contributed by atoms with Crippen molar-refractivity contribution >= 4 is 6.09 Å². The summed E-state index contributed by atoms with van der Waals surface area (Å²) >= 11 is 0. The van der Waals surface area contributed by atoms with E-state index in [-0.39, 0.29) is 6.09 Å². The van der Waals surface area contributed by atoms with Gasteiger partial charge in [-0.2, -0.15) is 0 Å². The fraction of sp³-hybridized carbons (Fsp3) is 0.308. The minimum Gasteiger partial charge on any atom is -0.229 e. The van der Waals surface area contributed by atoms with Crippen molar-refractivity contribution in [3.05, 3.63) is 50.6 Å². The SMILES string of the molecule is C=CCN(CC=C)C(F)=[N+](CC=C)CC=C. The van der Waals surface area contributed by atoms with E-state index in [2.05, 4.69) is 26.3 Å².